The Morgan fingerprint density at radius 3 is 2.66 bits per heavy atom. The highest BCUT2D eigenvalue weighted by molar-refractivity contribution is 6.03. The number of para-hydroxylation sites is 1. The molecule has 0 unspecified atom stereocenters. The largest absolute Gasteiger partial charge is 0.306 e. The summed E-state index contributed by atoms with van der Waals surface area (Å²) in [7, 11) is 0. The van der Waals surface area contributed by atoms with Gasteiger partial charge in [0.2, 0.25) is 0 Å². The molecule has 2 heterocycles. The smallest absolute Gasteiger partial charge is 0.260 e. The number of rotatable bonds is 5. The predicted molar refractivity (Wildman–Crippen MR) is 104 cm³/mol. The molecule has 2 aromatic heterocycles. The molecular formula is C21H17F2N5O. The third-order valence-corrected chi connectivity index (χ3v) is 4.45. The van der Waals surface area contributed by atoms with Crippen LogP contribution in [0.5, 0.6) is 0 Å². The van der Waals surface area contributed by atoms with Crippen LogP contribution in [0.25, 0.3) is 5.69 Å². The number of aromatic nitrogens is 4. The Labute approximate surface area is 165 Å². The van der Waals surface area contributed by atoms with Crippen LogP contribution in [0.1, 0.15) is 21.5 Å². The molecular weight excluding hydrogens is 376 g/mol. The molecule has 4 aromatic rings. The van der Waals surface area contributed by atoms with Crippen molar-refractivity contribution in [2.75, 3.05) is 5.32 Å². The number of nitrogens with zero attached hydrogens (tertiary/aromatic N) is 4. The summed E-state index contributed by atoms with van der Waals surface area (Å²) in [6.45, 7) is 1.75. The summed E-state index contributed by atoms with van der Waals surface area (Å²) in [6, 6.07) is 12.6. The molecule has 4 rings (SSSR count). The van der Waals surface area contributed by atoms with E-state index < -0.39 is 11.6 Å². The number of anilines is 1. The van der Waals surface area contributed by atoms with Gasteiger partial charge in [0.1, 0.15) is 17.5 Å². The summed E-state index contributed by atoms with van der Waals surface area (Å²) < 4.78 is 30.5. The second-order valence-electron chi connectivity index (χ2n) is 6.53. The van der Waals surface area contributed by atoms with Gasteiger partial charge in [-0.2, -0.15) is 10.2 Å². The summed E-state index contributed by atoms with van der Waals surface area (Å²) in [6.07, 6.45) is 4.64. The highest BCUT2D eigenvalue weighted by atomic mass is 19.1. The lowest BCUT2D eigenvalue weighted by atomic mass is 10.2. The van der Waals surface area contributed by atoms with E-state index >= 15 is 0 Å². The van der Waals surface area contributed by atoms with Crippen molar-refractivity contribution in [2.45, 2.75) is 13.5 Å². The van der Waals surface area contributed by atoms with Crippen LogP contribution in [0.2, 0.25) is 0 Å². The first kappa shape index (κ1) is 18.5. The van der Waals surface area contributed by atoms with Crippen LogP contribution in [-0.4, -0.2) is 25.5 Å². The quantitative estimate of drug-likeness (QED) is 0.558. The molecule has 0 fully saturated rings. The third kappa shape index (κ3) is 3.91. The van der Waals surface area contributed by atoms with Gasteiger partial charge in [-0.1, -0.05) is 18.2 Å². The fourth-order valence-corrected chi connectivity index (χ4v) is 2.93. The molecule has 2 aromatic carbocycles. The van der Waals surface area contributed by atoms with Gasteiger partial charge in [0, 0.05) is 17.3 Å². The number of benzene rings is 2. The summed E-state index contributed by atoms with van der Waals surface area (Å²) in [5.41, 5.74) is 2.03. The SMILES string of the molecule is Cc1cnn(Cc2cc(F)ccc2F)c1NC(=O)c1cnn(-c2ccccc2)c1. The van der Waals surface area contributed by atoms with Crippen molar-refractivity contribution < 1.29 is 13.6 Å². The monoisotopic (exact) mass is 393 g/mol. The molecule has 0 aliphatic heterocycles. The number of aryl methyl sites for hydroxylation is 1. The molecule has 29 heavy (non-hydrogen) atoms. The summed E-state index contributed by atoms with van der Waals surface area (Å²) in [5, 5.41) is 11.2. The molecule has 0 aliphatic carbocycles. The average molecular weight is 393 g/mol. The first-order chi connectivity index (χ1) is 14.0. The fraction of sp³-hybridized carbons (Fsp3) is 0.0952. The van der Waals surface area contributed by atoms with Crippen LogP contribution in [0.15, 0.2) is 67.1 Å². The average Bonchev–Trinajstić information content (AvgIpc) is 3.34. The van der Waals surface area contributed by atoms with E-state index in [-0.39, 0.29) is 18.0 Å². The van der Waals surface area contributed by atoms with Gasteiger partial charge >= 0.3 is 0 Å². The van der Waals surface area contributed by atoms with E-state index in [1.54, 1.807) is 24.0 Å². The zero-order valence-corrected chi connectivity index (χ0v) is 15.5. The molecule has 146 valence electrons. The Morgan fingerprint density at radius 2 is 1.86 bits per heavy atom. The van der Waals surface area contributed by atoms with Crippen LogP contribution in [0, 0.1) is 18.6 Å². The van der Waals surface area contributed by atoms with Crippen molar-refractivity contribution in [3.63, 3.8) is 0 Å². The van der Waals surface area contributed by atoms with Crippen molar-refractivity contribution in [1.82, 2.24) is 19.6 Å². The molecule has 0 radical (unpaired) electrons. The van der Waals surface area contributed by atoms with E-state index in [1.165, 1.54) is 10.9 Å². The second-order valence-corrected chi connectivity index (χ2v) is 6.53. The summed E-state index contributed by atoms with van der Waals surface area (Å²) in [4.78, 5) is 12.7. The lowest BCUT2D eigenvalue weighted by molar-refractivity contribution is 0.102. The van der Waals surface area contributed by atoms with Gasteiger partial charge in [0.15, 0.2) is 0 Å². The molecule has 0 spiro atoms. The van der Waals surface area contributed by atoms with Crippen LogP contribution in [0.4, 0.5) is 14.6 Å². The van der Waals surface area contributed by atoms with E-state index in [0.29, 0.717) is 16.9 Å². The lowest BCUT2D eigenvalue weighted by Crippen LogP contribution is -2.17. The van der Waals surface area contributed by atoms with Crippen molar-refractivity contribution in [3.8, 4) is 5.69 Å². The number of hydrogen-bond donors (Lipinski definition) is 1. The van der Waals surface area contributed by atoms with Gasteiger partial charge in [0.25, 0.3) is 5.91 Å². The lowest BCUT2D eigenvalue weighted by Gasteiger charge is -2.10. The number of amides is 1. The zero-order valence-electron chi connectivity index (χ0n) is 15.5. The minimum Gasteiger partial charge on any atom is -0.306 e. The van der Waals surface area contributed by atoms with Crippen molar-refractivity contribution >= 4 is 11.7 Å². The maximum Gasteiger partial charge on any atom is 0.260 e. The van der Waals surface area contributed by atoms with Crippen LogP contribution in [0.3, 0.4) is 0 Å². The molecule has 1 amide bonds. The number of halogens is 2. The number of carbonyl (C=O) groups is 1. The van der Waals surface area contributed by atoms with E-state index in [0.717, 1.165) is 23.9 Å². The zero-order chi connectivity index (χ0) is 20.4. The van der Waals surface area contributed by atoms with Crippen LogP contribution < -0.4 is 5.32 Å². The normalized spacial score (nSPS) is 10.9. The maximum absolute atomic E-state index is 14.0. The minimum absolute atomic E-state index is 0.0175. The van der Waals surface area contributed by atoms with E-state index in [4.69, 9.17) is 0 Å². The van der Waals surface area contributed by atoms with Gasteiger partial charge in [-0.3, -0.25) is 4.79 Å². The Morgan fingerprint density at radius 1 is 1.07 bits per heavy atom. The number of carbonyl (C=O) groups excluding carboxylic acids is 1. The van der Waals surface area contributed by atoms with Gasteiger partial charge < -0.3 is 5.32 Å². The first-order valence-electron chi connectivity index (χ1n) is 8.89. The maximum atomic E-state index is 14.0. The molecule has 6 nitrogen and oxygen atoms in total. The van der Waals surface area contributed by atoms with Crippen molar-refractivity contribution in [2.24, 2.45) is 0 Å². The molecule has 0 saturated carbocycles. The number of hydrogen-bond acceptors (Lipinski definition) is 3. The van der Waals surface area contributed by atoms with E-state index in [9.17, 15) is 13.6 Å². The standard InChI is InChI=1S/C21H17F2N5O/c1-14-10-24-28(12-15-9-17(22)7-8-19(15)23)20(14)26-21(29)16-11-25-27(13-16)18-5-3-2-4-6-18/h2-11,13H,12H2,1H3,(H,26,29). The minimum atomic E-state index is -0.541. The van der Waals surface area contributed by atoms with Crippen molar-refractivity contribution in [1.29, 1.82) is 0 Å². The van der Waals surface area contributed by atoms with Gasteiger partial charge in [-0.25, -0.2) is 18.1 Å². The van der Waals surface area contributed by atoms with E-state index in [1.807, 2.05) is 30.3 Å². The van der Waals surface area contributed by atoms with Gasteiger partial charge in [0.05, 0.1) is 30.2 Å². The Kier molecular flexibility index (Phi) is 4.90. The Balaban J connectivity index is 1.56. The fourth-order valence-electron chi connectivity index (χ4n) is 2.93. The summed E-state index contributed by atoms with van der Waals surface area (Å²) in [5.74, 6) is -1.05. The first-order valence-corrected chi connectivity index (χ1v) is 8.89. The van der Waals surface area contributed by atoms with Gasteiger partial charge in [-0.05, 0) is 37.3 Å². The van der Waals surface area contributed by atoms with Crippen LogP contribution in [-0.2, 0) is 6.54 Å². The predicted octanol–water partition coefficient (Wildman–Crippen LogP) is 3.96. The third-order valence-electron chi connectivity index (χ3n) is 4.45. The summed E-state index contributed by atoms with van der Waals surface area (Å²) >= 11 is 0. The molecule has 1 N–H and O–H groups in total. The molecule has 0 atom stereocenters. The second kappa shape index (κ2) is 7.67. The Hall–Kier alpha value is -3.81. The van der Waals surface area contributed by atoms with Gasteiger partial charge in [-0.15, -0.1) is 0 Å². The molecule has 0 bridgehead atoms. The van der Waals surface area contributed by atoms with Crippen molar-refractivity contribution in [3.05, 3.63) is 95.4 Å². The van der Waals surface area contributed by atoms with E-state index in [2.05, 4.69) is 15.5 Å². The Bertz CT molecular complexity index is 1170. The molecule has 0 aliphatic rings. The topological polar surface area (TPSA) is 64.7 Å². The molecule has 8 heteroatoms. The molecule has 0 saturated heterocycles. The number of nitrogens with one attached hydrogen (secondary N) is 1. The van der Waals surface area contributed by atoms with Crippen LogP contribution >= 0.6 is 0 Å². The highest BCUT2D eigenvalue weighted by Gasteiger charge is 2.16. The highest BCUT2D eigenvalue weighted by Crippen LogP contribution is 2.19.